The van der Waals surface area contributed by atoms with Crippen LogP contribution in [0.1, 0.15) is 16.7 Å². The molecular weight excluding hydrogens is 288 g/mol. The van der Waals surface area contributed by atoms with Crippen LogP contribution in [0.15, 0.2) is 42.5 Å². The molecule has 0 spiro atoms. The van der Waals surface area contributed by atoms with Gasteiger partial charge in [-0.3, -0.25) is 0 Å². The van der Waals surface area contributed by atoms with Crippen LogP contribution in [0.2, 0.25) is 0 Å². The van der Waals surface area contributed by atoms with Gasteiger partial charge >= 0.3 is 6.03 Å². The summed E-state index contributed by atoms with van der Waals surface area (Å²) in [5.41, 5.74) is 4.48. The third-order valence-electron chi connectivity index (χ3n) is 3.92. The Hall–Kier alpha value is -2.84. The van der Waals surface area contributed by atoms with Crippen molar-refractivity contribution < 1.29 is 4.79 Å². The van der Waals surface area contributed by atoms with E-state index < -0.39 is 0 Å². The first-order chi connectivity index (χ1) is 11.1. The molecule has 1 aliphatic rings. The van der Waals surface area contributed by atoms with Gasteiger partial charge in [-0.1, -0.05) is 12.1 Å². The third kappa shape index (κ3) is 3.68. The Bertz CT molecular complexity index is 779. The number of hydrogen-bond donors (Lipinski definition) is 2. The van der Waals surface area contributed by atoms with Gasteiger partial charge in [-0.05, 0) is 54.9 Å². The quantitative estimate of drug-likeness (QED) is 0.895. The minimum atomic E-state index is -0.316. The minimum Gasteiger partial charge on any atom is -0.308 e. The maximum atomic E-state index is 12.1. The van der Waals surface area contributed by atoms with Crippen LogP contribution >= 0.6 is 0 Å². The molecule has 0 aliphatic carbocycles. The van der Waals surface area contributed by atoms with Gasteiger partial charge < -0.3 is 15.5 Å². The summed E-state index contributed by atoms with van der Waals surface area (Å²) >= 11 is 0. The Morgan fingerprint density at radius 2 is 1.91 bits per heavy atom. The molecule has 0 aromatic heterocycles. The lowest BCUT2D eigenvalue weighted by molar-refractivity contribution is 0.262. The van der Waals surface area contributed by atoms with Gasteiger partial charge in [0.05, 0.1) is 11.6 Å². The number of nitriles is 1. The summed E-state index contributed by atoms with van der Waals surface area (Å²) in [7, 11) is 2.10. The first kappa shape index (κ1) is 15.1. The monoisotopic (exact) mass is 306 g/mol. The Morgan fingerprint density at radius 3 is 2.70 bits per heavy atom. The number of carbonyl (C=O) groups is 1. The van der Waals surface area contributed by atoms with Crippen molar-refractivity contribution in [3.63, 3.8) is 0 Å². The van der Waals surface area contributed by atoms with Crippen molar-refractivity contribution >= 4 is 17.4 Å². The first-order valence-corrected chi connectivity index (χ1v) is 7.52. The number of nitrogens with one attached hydrogen (secondary N) is 2. The second kappa shape index (κ2) is 6.51. The molecule has 1 heterocycles. The predicted molar refractivity (Wildman–Crippen MR) is 90.3 cm³/mol. The number of benzene rings is 2. The zero-order valence-electron chi connectivity index (χ0n) is 13.0. The van der Waals surface area contributed by atoms with E-state index >= 15 is 0 Å². The Balaban J connectivity index is 1.68. The number of likely N-dealkylation sites (N-methyl/N-ethyl adjacent to an activating group) is 1. The van der Waals surface area contributed by atoms with Gasteiger partial charge in [0, 0.05) is 24.5 Å². The number of fused-ring (bicyclic) bond motifs is 1. The van der Waals surface area contributed by atoms with Crippen molar-refractivity contribution in [3.05, 3.63) is 59.2 Å². The molecular formula is C18H18N4O. The molecule has 0 atom stereocenters. The number of carbonyl (C=O) groups excluding carboxylic acids is 1. The standard InChI is InChI=1S/C18H18N4O/c1-22-8-7-14-5-6-17(10-15(14)12-22)21-18(23)20-16-4-2-3-13(9-16)11-19/h2-6,9-10H,7-8,12H2,1H3,(H2,20,21,23). The zero-order valence-corrected chi connectivity index (χ0v) is 13.0. The van der Waals surface area contributed by atoms with Crippen molar-refractivity contribution in [2.75, 3.05) is 24.2 Å². The first-order valence-electron chi connectivity index (χ1n) is 7.52. The van der Waals surface area contributed by atoms with Crippen molar-refractivity contribution in [3.8, 4) is 6.07 Å². The van der Waals surface area contributed by atoms with Crippen LogP contribution < -0.4 is 10.6 Å². The fraction of sp³-hybridized carbons (Fsp3) is 0.222. The smallest absolute Gasteiger partial charge is 0.308 e. The number of urea groups is 1. The summed E-state index contributed by atoms with van der Waals surface area (Å²) in [5.74, 6) is 0. The molecule has 2 amide bonds. The van der Waals surface area contributed by atoms with E-state index in [1.165, 1.54) is 11.1 Å². The Morgan fingerprint density at radius 1 is 1.13 bits per heavy atom. The number of hydrogen-bond acceptors (Lipinski definition) is 3. The second-order valence-corrected chi connectivity index (χ2v) is 5.74. The highest BCUT2D eigenvalue weighted by Gasteiger charge is 2.14. The van der Waals surface area contributed by atoms with Crippen LogP contribution in [0.5, 0.6) is 0 Å². The summed E-state index contributed by atoms with van der Waals surface area (Å²) in [6.45, 7) is 1.96. The lowest BCUT2D eigenvalue weighted by Crippen LogP contribution is -2.26. The molecule has 0 unspecified atom stereocenters. The fourth-order valence-electron chi connectivity index (χ4n) is 2.74. The van der Waals surface area contributed by atoms with Gasteiger partial charge in [-0.25, -0.2) is 4.79 Å². The summed E-state index contributed by atoms with van der Waals surface area (Å²) in [4.78, 5) is 14.4. The number of rotatable bonds is 2. The molecule has 5 nitrogen and oxygen atoms in total. The number of anilines is 2. The molecule has 0 saturated carbocycles. The average Bonchev–Trinajstić information content (AvgIpc) is 2.54. The van der Waals surface area contributed by atoms with Gasteiger partial charge in [-0.15, -0.1) is 0 Å². The number of nitrogens with zero attached hydrogens (tertiary/aromatic N) is 2. The third-order valence-corrected chi connectivity index (χ3v) is 3.92. The van der Waals surface area contributed by atoms with E-state index in [0.717, 1.165) is 25.2 Å². The van der Waals surface area contributed by atoms with Crippen molar-refractivity contribution in [1.82, 2.24) is 4.90 Å². The van der Waals surface area contributed by atoms with E-state index in [2.05, 4.69) is 34.7 Å². The Kier molecular flexibility index (Phi) is 4.26. The van der Waals surface area contributed by atoms with Gasteiger partial charge in [0.15, 0.2) is 0 Å². The molecule has 0 fully saturated rings. The SMILES string of the molecule is CN1CCc2ccc(NC(=O)Nc3cccc(C#N)c3)cc2C1. The molecule has 116 valence electrons. The summed E-state index contributed by atoms with van der Waals surface area (Å²) < 4.78 is 0. The maximum Gasteiger partial charge on any atom is 0.323 e. The van der Waals surface area contributed by atoms with Crippen molar-refractivity contribution in [1.29, 1.82) is 5.26 Å². The van der Waals surface area contributed by atoms with Crippen LogP contribution in [-0.4, -0.2) is 24.5 Å². The highest BCUT2D eigenvalue weighted by molar-refractivity contribution is 5.99. The highest BCUT2D eigenvalue weighted by atomic mass is 16.2. The van der Waals surface area contributed by atoms with Crippen LogP contribution in [0, 0.1) is 11.3 Å². The molecule has 2 aromatic rings. The molecule has 0 bridgehead atoms. The minimum absolute atomic E-state index is 0.316. The van der Waals surface area contributed by atoms with Crippen LogP contribution in [0.3, 0.4) is 0 Å². The molecule has 5 heteroatoms. The van der Waals surface area contributed by atoms with Crippen LogP contribution in [0.25, 0.3) is 0 Å². The topological polar surface area (TPSA) is 68.2 Å². The van der Waals surface area contributed by atoms with Gasteiger partial charge in [0.1, 0.15) is 0 Å². The van der Waals surface area contributed by atoms with Gasteiger partial charge in [0.2, 0.25) is 0 Å². The van der Waals surface area contributed by atoms with Gasteiger partial charge in [0.25, 0.3) is 0 Å². The summed E-state index contributed by atoms with van der Waals surface area (Å²) in [6, 6.07) is 14.6. The molecule has 0 saturated heterocycles. The zero-order chi connectivity index (χ0) is 16.2. The van der Waals surface area contributed by atoms with E-state index in [-0.39, 0.29) is 6.03 Å². The normalized spacial score (nSPS) is 13.7. The highest BCUT2D eigenvalue weighted by Crippen LogP contribution is 2.22. The van der Waals surface area contributed by atoms with Crippen LogP contribution in [-0.2, 0) is 13.0 Å². The summed E-state index contributed by atoms with van der Waals surface area (Å²) in [6.07, 6.45) is 1.04. The predicted octanol–water partition coefficient (Wildman–Crippen LogP) is 3.19. The molecule has 1 aliphatic heterocycles. The fourth-order valence-corrected chi connectivity index (χ4v) is 2.74. The van der Waals surface area contributed by atoms with E-state index in [9.17, 15) is 4.79 Å². The maximum absolute atomic E-state index is 12.1. The largest absolute Gasteiger partial charge is 0.323 e. The Labute approximate surface area is 135 Å². The van der Waals surface area contributed by atoms with Crippen LogP contribution in [0.4, 0.5) is 16.2 Å². The van der Waals surface area contributed by atoms with Crippen molar-refractivity contribution in [2.45, 2.75) is 13.0 Å². The molecule has 23 heavy (non-hydrogen) atoms. The van der Waals surface area contributed by atoms with E-state index in [1.807, 2.05) is 12.1 Å². The van der Waals surface area contributed by atoms with Gasteiger partial charge in [-0.2, -0.15) is 5.26 Å². The molecule has 2 N–H and O–H groups in total. The van der Waals surface area contributed by atoms with E-state index in [4.69, 9.17) is 5.26 Å². The number of amides is 2. The lowest BCUT2D eigenvalue weighted by Gasteiger charge is -2.25. The van der Waals surface area contributed by atoms with Crippen molar-refractivity contribution in [2.24, 2.45) is 0 Å². The summed E-state index contributed by atoms with van der Waals surface area (Å²) in [5, 5.41) is 14.5. The average molecular weight is 306 g/mol. The van der Waals surface area contributed by atoms with E-state index in [1.54, 1.807) is 24.3 Å². The lowest BCUT2D eigenvalue weighted by atomic mass is 9.99. The second-order valence-electron chi connectivity index (χ2n) is 5.74. The molecule has 3 rings (SSSR count). The van der Waals surface area contributed by atoms with E-state index in [0.29, 0.717) is 11.3 Å². The molecule has 0 radical (unpaired) electrons. The molecule has 2 aromatic carbocycles.